The molecular formula is C52H38N4O14S4. The summed E-state index contributed by atoms with van der Waals surface area (Å²) in [6.45, 7) is 0. The summed E-state index contributed by atoms with van der Waals surface area (Å²) in [5.74, 6) is -0.285. The van der Waals surface area contributed by atoms with Crippen LogP contribution in [0.5, 0.6) is 23.0 Å². The molecule has 0 saturated carbocycles. The van der Waals surface area contributed by atoms with Gasteiger partial charge in [0.15, 0.2) is 0 Å². The maximum atomic E-state index is 13.3. The van der Waals surface area contributed by atoms with Gasteiger partial charge in [-0.25, -0.2) is 9.59 Å². The summed E-state index contributed by atoms with van der Waals surface area (Å²) in [4.78, 5) is 24.4. The molecule has 9 aromatic rings. The van der Waals surface area contributed by atoms with Crippen molar-refractivity contribution in [3.05, 3.63) is 206 Å². The van der Waals surface area contributed by atoms with E-state index in [-0.39, 0.29) is 44.2 Å². The third-order valence-corrected chi connectivity index (χ3v) is 15.6. The zero-order chi connectivity index (χ0) is 52.1. The summed E-state index contributed by atoms with van der Waals surface area (Å²) in [7, 11) is -17.5. The Bertz CT molecular complexity index is 3790. The molecule has 9 aromatic carbocycles. The van der Waals surface area contributed by atoms with Gasteiger partial charge in [-0.15, -0.1) is 0 Å². The predicted molar refractivity (Wildman–Crippen MR) is 277 cm³/mol. The first-order valence-electron chi connectivity index (χ1n) is 21.8. The number of hydrogen-bond acceptors (Lipinski definition) is 14. The second-order valence-corrected chi connectivity index (χ2v) is 22.1. The van der Waals surface area contributed by atoms with Crippen molar-refractivity contribution < 1.29 is 60.0 Å². The molecule has 0 aliphatic carbocycles. The molecule has 374 valence electrons. The number of carbonyl (C=O) groups is 2. The van der Waals surface area contributed by atoms with Gasteiger partial charge in [-0.2, -0.15) is 33.7 Å². The minimum Gasteiger partial charge on any atom is -0.379 e. The first kappa shape index (κ1) is 50.0. The van der Waals surface area contributed by atoms with Gasteiger partial charge < -0.3 is 38.0 Å². The SMILES string of the molecule is O=C(Nc1ccc(OS(=O)(=O)c2cccc(S(=O)(=O)Oc3ccc(NC(=O)Nc4ccc(OS(=O)(=O)c5ccc6ccccc6c5)cc4)cc3)c2)cc1)Nc1ccc(OS(=O)(=O)c2ccc3ccccc3c2)cc1. The number of urea groups is 2. The van der Waals surface area contributed by atoms with Crippen LogP contribution in [-0.2, 0) is 40.5 Å². The van der Waals surface area contributed by atoms with Crippen LogP contribution in [0.3, 0.4) is 0 Å². The largest absolute Gasteiger partial charge is 0.379 e. The molecule has 0 saturated heterocycles. The highest BCUT2D eigenvalue weighted by Crippen LogP contribution is 2.29. The summed E-state index contributed by atoms with van der Waals surface area (Å²) in [5, 5.41) is 13.5. The van der Waals surface area contributed by atoms with E-state index >= 15 is 0 Å². The van der Waals surface area contributed by atoms with Crippen molar-refractivity contribution >= 4 is 96.8 Å². The number of amides is 4. The van der Waals surface area contributed by atoms with Crippen LogP contribution in [0.1, 0.15) is 0 Å². The van der Waals surface area contributed by atoms with Gasteiger partial charge in [0, 0.05) is 22.7 Å². The van der Waals surface area contributed by atoms with E-state index in [9.17, 15) is 43.3 Å². The number of rotatable bonds is 16. The molecule has 0 unspecified atom stereocenters. The number of carbonyl (C=O) groups excluding carboxylic acids is 2. The van der Waals surface area contributed by atoms with Gasteiger partial charge in [-0.05, 0) is 161 Å². The lowest BCUT2D eigenvalue weighted by molar-refractivity contribution is 0.261. The average Bonchev–Trinajstić information content (AvgIpc) is 3.38. The number of hydrogen-bond donors (Lipinski definition) is 4. The lowest BCUT2D eigenvalue weighted by atomic mass is 10.1. The standard InChI is InChI=1S/C52H38N4O14S4/c57-51(55-41-18-26-45(27-19-41)69-73(63,64)49-30-12-35-6-1-3-8-37(35)32-49)53-39-14-22-43(23-15-39)67-71(59,60)47-10-5-11-48(34-47)72(61,62)68-44-24-16-40(17-25-44)54-52(58)56-42-20-28-46(29-21-42)70-74(65,66)50-31-13-36-7-2-4-9-38(36)33-50/h1-34H,(H2,53,55,57)(H2,54,56,58). The topological polar surface area (TPSA) is 256 Å². The van der Waals surface area contributed by atoms with E-state index in [4.69, 9.17) is 16.7 Å². The van der Waals surface area contributed by atoms with Crippen LogP contribution in [0.4, 0.5) is 32.3 Å². The second kappa shape index (κ2) is 20.6. The van der Waals surface area contributed by atoms with Crippen molar-refractivity contribution in [2.45, 2.75) is 19.6 Å². The first-order valence-corrected chi connectivity index (χ1v) is 27.4. The van der Waals surface area contributed by atoms with Crippen LogP contribution in [0.15, 0.2) is 226 Å². The minimum atomic E-state index is -4.60. The number of anilines is 4. The Balaban J connectivity index is 0.738. The second-order valence-electron chi connectivity index (χ2n) is 15.9. The van der Waals surface area contributed by atoms with Crippen molar-refractivity contribution in [2.24, 2.45) is 0 Å². The lowest BCUT2D eigenvalue weighted by Gasteiger charge is -2.12. The fraction of sp³-hybridized carbons (Fsp3) is 0. The van der Waals surface area contributed by atoms with Gasteiger partial charge in [0.2, 0.25) is 0 Å². The smallest absolute Gasteiger partial charge is 0.339 e. The van der Waals surface area contributed by atoms with Crippen LogP contribution in [0, 0.1) is 0 Å². The first-order chi connectivity index (χ1) is 35.4. The normalized spacial score (nSPS) is 11.8. The van der Waals surface area contributed by atoms with Crippen LogP contribution < -0.4 is 38.0 Å². The summed E-state index contributed by atoms with van der Waals surface area (Å²) < 4.78 is 126. The highest BCUT2D eigenvalue weighted by Gasteiger charge is 2.24. The molecule has 22 heteroatoms. The summed E-state index contributed by atoms with van der Waals surface area (Å²) in [6.07, 6.45) is 0. The summed E-state index contributed by atoms with van der Waals surface area (Å²) in [6, 6.07) is 48.6. The van der Waals surface area contributed by atoms with E-state index in [1.807, 2.05) is 24.3 Å². The lowest BCUT2D eigenvalue weighted by Crippen LogP contribution is -2.19. The third-order valence-electron chi connectivity index (χ3n) is 10.7. The van der Waals surface area contributed by atoms with Crippen molar-refractivity contribution in [1.82, 2.24) is 0 Å². The summed E-state index contributed by atoms with van der Waals surface area (Å²) in [5.41, 5.74) is 1.10. The molecule has 0 aromatic heterocycles. The molecule has 0 heterocycles. The average molecular weight is 1070 g/mol. The Labute approximate surface area is 424 Å². The van der Waals surface area contributed by atoms with Crippen molar-refractivity contribution in [2.75, 3.05) is 21.3 Å². The Hall–Kier alpha value is -8.96. The molecule has 74 heavy (non-hydrogen) atoms. The van der Waals surface area contributed by atoms with Crippen LogP contribution in [0.25, 0.3) is 21.5 Å². The van der Waals surface area contributed by atoms with Gasteiger partial charge in [-0.3, -0.25) is 0 Å². The van der Waals surface area contributed by atoms with Crippen LogP contribution in [0.2, 0.25) is 0 Å². The molecule has 0 aliphatic rings. The number of benzene rings is 9. The zero-order valence-corrected chi connectivity index (χ0v) is 41.2. The fourth-order valence-electron chi connectivity index (χ4n) is 7.09. The monoisotopic (exact) mass is 1070 g/mol. The minimum absolute atomic E-state index is 0.0188. The quantitative estimate of drug-likeness (QED) is 0.0657. The molecule has 4 N–H and O–H groups in total. The van der Waals surface area contributed by atoms with E-state index in [1.165, 1.54) is 127 Å². The van der Waals surface area contributed by atoms with Gasteiger partial charge >= 0.3 is 52.5 Å². The van der Waals surface area contributed by atoms with Gasteiger partial charge in [0.1, 0.15) is 42.6 Å². The van der Waals surface area contributed by atoms with E-state index in [0.717, 1.165) is 39.7 Å². The van der Waals surface area contributed by atoms with Crippen molar-refractivity contribution in [3.63, 3.8) is 0 Å². The third kappa shape index (κ3) is 12.2. The maximum absolute atomic E-state index is 13.3. The van der Waals surface area contributed by atoms with Crippen molar-refractivity contribution in [1.29, 1.82) is 0 Å². The Morgan fingerprint density at radius 1 is 0.270 bits per heavy atom. The Morgan fingerprint density at radius 3 is 0.811 bits per heavy atom. The van der Waals surface area contributed by atoms with Crippen LogP contribution in [-0.4, -0.2) is 45.7 Å². The zero-order valence-electron chi connectivity index (χ0n) is 38.0. The van der Waals surface area contributed by atoms with E-state index in [2.05, 4.69) is 21.3 Å². The molecule has 0 fully saturated rings. The van der Waals surface area contributed by atoms with E-state index < -0.39 is 62.3 Å². The number of nitrogens with one attached hydrogen (secondary N) is 4. The Morgan fingerprint density at radius 2 is 0.527 bits per heavy atom. The van der Waals surface area contributed by atoms with Crippen LogP contribution >= 0.6 is 0 Å². The van der Waals surface area contributed by atoms with Gasteiger partial charge in [0.05, 0.1) is 0 Å². The van der Waals surface area contributed by atoms with E-state index in [0.29, 0.717) is 11.4 Å². The maximum Gasteiger partial charge on any atom is 0.339 e. The molecule has 0 atom stereocenters. The molecule has 0 bridgehead atoms. The number of fused-ring (bicyclic) bond motifs is 2. The molecule has 9 rings (SSSR count). The predicted octanol–water partition coefficient (Wildman–Crippen LogP) is 10.4. The molecule has 0 spiro atoms. The fourth-order valence-corrected chi connectivity index (χ4v) is 11.1. The van der Waals surface area contributed by atoms with E-state index in [1.54, 1.807) is 36.4 Å². The molecule has 0 aliphatic heterocycles. The molecule has 4 amide bonds. The highest BCUT2D eigenvalue weighted by atomic mass is 32.2. The highest BCUT2D eigenvalue weighted by molar-refractivity contribution is 7.88. The molecule has 18 nitrogen and oxygen atoms in total. The molecule has 0 radical (unpaired) electrons. The Kier molecular flexibility index (Phi) is 13.9. The van der Waals surface area contributed by atoms with Gasteiger partial charge in [0.25, 0.3) is 0 Å². The van der Waals surface area contributed by atoms with Gasteiger partial charge in [-0.1, -0.05) is 66.7 Å². The van der Waals surface area contributed by atoms with Crippen molar-refractivity contribution in [3.8, 4) is 23.0 Å². The summed E-state index contributed by atoms with van der Waals surface area (Å²) >= 11 is 0. The molecular weight excluding hydrogens is 1030 g/mol.